The molecule has 0 saturated heterocycles. The Morgan fingerprint density at radius 1 is 1.12 bits per heavy atom. The number of ether oxygens (including phenoxy) is 1. The van der Waals surface area contributed by atoms with Gasteiger partial charge in [0, 0.05) is 6.42 Å². The topological polar surface area (TPSA) is 88.8 Å². The first kappa shape index (κ1) is 18.4. The molecule has 2 aromatic rings. The smallest absolute Gasteiger partial charge is 0.475 e. The normalized spacial score (nSPS) is 11.2. The lowest BCUT2D eigenvalue weighted by atomic mass is 10.1. The largest absolute Gasteiger partial charge is 0.573 e. The number of aryl methyl sites for hydroxylation is 1. The fourth-order valence-corrected chi connectivity index (χ4v) is 1.98. The summed E-state index contributed by atoms with van der Waals surface area (Å²) in [6.07, 6.45) is -4.30. The van der Waals surface area contributed by atoms with E-state index in [-0.39, 0.29) is 30.4 Å². The predicted octanol–water partition coefficient (Wildman–Crippen LogP) is 3.13. The van der Waals surface area contributed by atoms with E-state index in [2.05, 4.69) is 10.1 Å². The number of aromatic carboxylic acids is 1. The van der Waals surface area contributed by atoms with E-state index in [0.29, 0.717) is 17.7 Å². The number of hydrogen-bond acceptors (Lipinski definition) is 4. The lowest BCUT2D eigenvalue weighted by Gasteiger charge is -2.09. The zero-order valence-corrected chi connectivity index (χ0v) is 12.8. The van der Waals surface area contributed by atoms with E-state index >= 15 is 0 Å². The summed E-state index contributed by atoms with van der Waals surface area (Å²) in [6.45, 7) is 0.0461. The van der Waals surface area contributed by atoms with Crippen molar-refractivity contribution in [1.82, 2.24) is 5.32 Å². The van der Waals surface area contributed by atoms with Crippen LogP contribution < -0.4 is 10.1 Å². The van der Waals surface area contributed by atoms with Gasteiger partial charge in [-0.25, -0.2) is 4.79 Å². The Hall–Kier alpha value is -2.97. The number of halogens is 3. The molecule has 2 rings (SSSR count). The number of carboxylic acid groups (broad SMARTS) is 1. The molecule has 0 fully saturated rings. The Labute approximate surface area is 140 Å². The van der Waals surface area contributed by atoms with Crippen LogP contribution in [0.2, 0.25) is 0 Å². The molecule has 0 unspecified atom stereocenters. The number of rotatable bonds is 7. The average molecular weight is 357 g/mol. The van der Waals surface area contributed by atoms with Crippen molar-refractivity contribution >= 4 is 11.9 Å². The van der Waals surface area contributed by atoms with Crippen LogP contribution in [0.25, 0.3) is 0 Å². The third-order valence-corrected chi connectivity index (χ3v) is 3.13. The van der Waals surface area contributed by atoms with Crippen LogP contribution in [0.15, 0.2) is 40.8 Å². The van der Waals surface area contributed by atoms with E-state index < -0.39 is 12.3 Å². The van der Waals surface area contributed by atoms with Crippen LogP contribution in [0.5, 0.6) is 5.75 Å². The Kier molecular flexibility index (Phi) is 5.68. The summed E-state index contributed by atoms with van der Waals surface area (Å²) in [7, 11) is 0. The van der Waals surface area contributed by atoms with Crippen molar-refractivity contribution in [2.24, 2.45) is 0 Å². The van der Waals surface area contributed by atoms with Crippen LogP contribution in [-0.4, -0.2) is 23.3 Å². The standard InChI is InChI=1S/C16H14F3NO5/c17-16(18,19)25-11-4-1-10(2-5-11)3-8-14(21)20-9-12-6-7-13(24-12)15(22)23/h1-2,4-7H,3,8-9H2,(H,20,21)(H,22,23). The highest BCUT2D eigenvalue weighted by molar-refractivity contribution is 5.84. The number of hydrogen-bond donors (Lipinski definition) is 2. The molecule has 1 heterocycles. The monoisotopic (exact) mass is 357 g/mol. The number of carbonyl (C=O) groups excluding carboxylic acids is 1. The van der Waals surface area contributed by atoms with Gasteiger partial charge in [0.2, 0.25) is 11.7 Å². The van der Waals surface area contributed by atoms with E-state index in [4.69, 9.17) is 9.52 Å². The summed E-state index contributed by atoms with van der Waals surface area (Å²) in [6, 6.07) is 7.98. The molecular weight excluding hydrogens is 343 g/mol. The maximum atomic E-state index is 12.1. The van der Waals surface area contributed by atoms with E-state index in [9.17, 15) is 22.8 Å². The molecule has 134 valence electrons. The molecule has 0 spiro atoms. The van der Waals surface area contributed by atoms with E-state index in [1.54, 1.807) is 0 Å². The number of carbonyl (C=O) groups is 2. The van der Waals surface area contributed by atoms with Crippen LogP contribution in [0.3, 0.4) is 0 Å². The molecule has 25 heavy (non-hydrogen) atoms. The molecule has 1 aromatic carbocycles. The zero-order valence-electron chi connectivity index (χ0n) is 12.8. The fourth-order valence-electron chi connectivity index (χ4n) is 1.98. The van der Waals surface area contributed by atoms with E-state index in [1.807, 2.05) is 0 Å². The van der Waals surface area contributed by atoms with Gasteiger partial charge in [0.1, 0.15) is 11.5 Å². The molecule has 0 aliphatic heterocycles. The SMILES string of the molecule is O=C(CCc1ccc(OC(F)(F)F)cc1)NCc1ccc(C(=O)O)o1. The van der Waals surface area contributed by atoms with Crippen molar-refractivity contribution in [3.8, 4) is 5.75 Å². The number of benzene rings is 1. The summed E-state index contributed by atoms with van der Waals surface area (Å²) in [5.74, 6) is -1.74. The first-order chi connectivity index (χ1) is 11.7. The molecule has 1 aromatic heterocycles. The molecular formula is C16H14F3NO5. The third-order valence-electron chi connectivity index (χ3n) is 3.13. The van der Waals surface area contributed by atoms with Gasteiger partial charge < -0.3 is 19.6 Å². The summed E-state index contributed by atoms with van der Waals surface area (Å²) >= 11 is 0. The van der Waals surface area contributed by atoms with Gasteiger partial charge in [-0.2, -0.15) is 0 Å². The molecule has 2 N–H and O–H groups in total. The maximum absolute atomic E-state index is 12.1. The Bertz CT molecular complexity index is 737. The predicted molar refractivity (Wildman–Crippen MR) is 79.0 cm³/mol. The number of amides is 1. The Balaban J connectivity index is 1.76. The maximum Gasteiger partial charge on any atom is 0.573 e. The Morgan fingerprint density at radius 2 is 1.80 bits per heavy atom. The number of carboxylic acids is 1. The van der Waals surface area contributed by atoms with Gasteiger partial charge in [-0.05, 0) is 36.2 Å². The average Bonchev–Trinajstić information content (AvgIpc) is 3.00. The van der Waals surface area contributed by atoms with Gasteiger partial charge in [-0.15, -0.1) is 13.2 Å². The third kappa shape index (κ3) is 6.21. The van der Waals surface area contributed by atoms with Crippen LogP contribution in [0.4, 0.5) is 13.2 Å². The zero-order chi connectivity index (χ0) is 18.4. The minimum Gasteiger partial charge on any atom is -0.475 e. The van der Waals surface area contributed by atoms with Gasteiger partial charge in [-0.3, -0.25) is 4.79 Å². The van der Waals surface area contributed by atoms with Crippen LogP contribution in [0, 0.1) is 0 Å². The van der Waals surface area contributed by atoms with Crippen LogP contribution in [-0.2, 0) is 17.8 Å². The molecule has 1 amide bonds. The molecule has 0 radical (unpaired) electrons. The number of nitrogens with one attached hydrogen (secondary N) is 1. The number of alkyl halides is 3. The van der Waals surface area contributed by atoms with Gasteiger partial charge in [0.25, 0.3) is 0 Å². The molecule has 0 bridgehead atoms. The van der Waals surface area contributed by atoms with Gasteiger partial charge in [0.05, 0.1) is 6.54 Å². The van der Waals surface area contributed by atoms with E-state index in [1.165, 1.54) is 36.4 Å². The molecule has 0 aliphatic carbocycles. The Morgan fingerprint density at radius 3 is 2.36 bits per heavy atom. The van der Waals surface area contributed by atoms with Crippen LogP contribution >= 0.6 is 0 Å². The van der Waals surface area contributed by atoms with Crippen molar-refractivity contribution in [1.29, 1.82) is 0 Å². The highest BCUT2D eigenvalue weighted by atomic mass is 19.4. The quantitative estimate of drug-likeness (QED) is 0.795. The van der Waals surface area contributed by atoms with Crippen LogP contribution in [0.1, 0.15) is 28.3 Å². The summed E-state index contributed by atoms with van der Waals surface area (Å²) < 4.78 is 44.9. The summed E-state index contributed by atoms with van der Waals surface area (Å²) in [5.41, 5.74) is 0.677. The number of furan rings is 1. The molecule has 0 aliphatic rings. The second-order valence-electron chi connectivity index (χ2n) is 5.04. The first-order valence-electron chi connectivity index (χ1n) is 7.16. The minimum atomic E-state index is -4.74. The van der Waals surface area contributed by atoms with Gasteiger partial charge in [0.15, 0.2) is 0 Å². The fraction of sp³-hybridized carbons (Fsp3) is 0.250. The lowest BCUT2D eigenvalue weighted by Crippen LogP contribution is -2.22. The summed E-state index contributed by atoms with van der Waals surface area (Å²) in [4.78, 5) is 22.4. The van der Waals surface area contributed by atoms with E-state index in [0.717, 1.165) is 0 Å². The highest BCUT2D eigenvalue weighted by Gasteiger charge is 2.30. The van der Waals surface area contributed by atoms with Gasteiger partial charge in [-0.1, -0.05) is 12.1 Å². The first-order valence-corrected chi connectivity index (χ1v) is 7.16. The molecule has 0 atom stereocenters. The lowest BCUT2D eigenvalue weighted by molar-refractivity contribution is -0.274. The minimum absolute atomic E-state index is 0.0461. The van der Waals surface area contributed by atoms with Crippen molar-refractivity contribution in [3.63, 3.8) is 0 Å². The second kappa shape index (κ2) is 7.73. The van der Waals surface area contributed by atoms with Crippen molar-refractivity contribution in [2.45, 2.75) is 25.7 Å². The molecule has 0 saturated carbocycles. The second-order valence-corrected chi connectivity index (χ2v) is 5.04. The molecule has 6 nitrogen and oxygen atoms in total. The van der Waals surface area contributed by atoms with Crippen molar-refractivity contribution in [3.05, 3.63) is 53.5 Å². The highest BCUT2D eigenvalue weighted by Crippen LogP contribution is 2.23. The van der Waals surface area contributed by atoms with Gasteiger partial charge >= 0.3 is 12.3 Å². The summed E-state index contributed by atoms with van der Waals surface area (Å²) in [5, 5.41) is 11.3. The van der Waals surface area contributed by atoms with Crippen molar-refractivity contribution < 1.29 is 37.0 Å². The van der Waals surface area contributed by atoms with Crippen molar-refractivity contribution in [2.75, 3.05) is 0 Å². The molecule has 9 heteroatoms.